The first kappa shape index (κ1) is 23.1. The van der Waals surface area contributed by atoms with Gasteiger partial charge in [-0.2, -0.15) is 5.10 Å². The average Bonchev–Trinajstić information content (AvgIpc) is 2.86. The summed E-state index contributed by atoms with van der Waals surface area (Å²) in [6.45, 7) is 6.10. The minimum atomic E-state index is -3.20. The van der Waals surface area contributed by atoms with Crippen molar-refractivity contribution in [3.63, 3.8) is 0 Å². The summed E-state index contributed by atoms with van der Waals surface area (Å²) in [6, 6.07) is 6.09. The Morgan fingerprint density at radius 2 is 1.44 bits per heavy atom. The Balaban J connectivity index is 1.68. The van der Waals surface area contributed by atoms with Crippen molar-refractivity contribution < 1.29 is 19.0 Å². The molecular weight excluding hydrogens is 435 g/mol. The van der Waals surface area contributed by atoms with E-state index in [-0.39, 0.29) is 5.69 Å². The Morgan fingerprint density at radius 3 is 1.94 bits per heavy atom. The molecule has 0 spiro atoms. The number of rotatable bonds is 6. The third kappa shape index (κ3) is 5.13. The molecule has 1 aromatic carbocycles. The first-order valence-electron chi connectivity index (χ1n) is 11.2. The van der Waals surface area contributed by atoms with Crippen LogP contribution in [-0.2, 0) is 14.0 Å². The number of anilines is 1. The van der Waals surface area contributed by atoms with Gasteiger partial charge in [0.05, 0.1) is 37.0 Å². The Kier molecular flexibility index (Phi) is 7.75. The number of hydrazone groups is 1. The van der Waals surface area contributed by atoms with Gasteiger partial charge in [-0.25, -0.2) is 9.34 Å². The number of piperidine rings is 1. The second-order valence-corrected chi connectivity index (χ2v) is 10.7. The second-order valence-electron chi connectivity index (χ2n) is 8.05. The van der Waals surface area contributed by atoms with E-state index in [1.807, 2.05) is 9.34 Å². The zero-order chi connectivity index (χ0) is 22.4. The number of hydrogen-bond donors (Lipinski definition) is 1. The number of hydrogen-bond acceptors (Lipinski definition) is 7. The van der Waals surface area contributed by atoms with Gasteiger partial charge in [0.2, 0.25) is 5.58 Å². The molecule has 0 aliphatic carbocycles. The van der Waals surface area contributed by atoms with E-state index >= 15 is 0 Å². The number of nitro groups is 1. The monoisotopic (exact) mass is 466 g/mol. The summed E-state index contributed by atoms with van der Waals surface area (Å²) in [6.07, 6.45) is 3.21. The van der Waals surface area contributed by atoms with Crippen molar-refractivity contribution in [1.29, 1.82) is 0 Å². The first-order valence-corrected chi connectivity index (χ1v) is 12.8. The van der Waals surface area contributed by atoms with Crippen LogP contribution in [0.5, 0.6) is 0 Å². The Hall–Kier alpha value is -2.04. The highest BCUT2D eigenvalue weighted by atomic mass is 31.2. The summed E-state index contributed by atoms with van der Waals surface area (Å²) in [7, 11) is -3.20. The molecule has 3 aliphatic heterocycles. The maximum Gasteiger partial charge on any atom is 0.282 e. The van der Waals surface area contributed by atoms with Gasteiger partial charge in [0.1, 0.15) is 0 Å². The average molecular weight is 466 g/mol. The molecule has 4 rings (SSSR count). The van der Waals surface area contributed by atoms with Crippen molar-refractivity contribution in [2.75, 3.05) is 71.1 Å². The minimum absolute atomic E-state index is 0.0167. The SMILES string of the molecule is O=[N+]([O-])c1ccc(N/N=C(/N2CCCCC2)P(=O)(N2CCOCC2)N2CCOCC2)cc1. The number of ether oxygens (including phenoxy) is 2. The molecule has 3 saturated heterocycles. The molecule has 3 heterocycles. The van der Waals surface area contributed by atoms with Gasteiger partial charge in [0, 0.05) is 51.4 Å². The standard InChI is InChI=1S/C20H31N6O5P/c27-26(28)19-6-4-18(5-7-19)21-22-20(23-8-2-1-3-9-23)32(29,24-10-14-30-15-11-24)25-12-16-31-17-13-25/h4-7,21H,1-3,8-17H2/b22-20-. The summed E-state index contributed by atoms with van der Waals surface area (Å²) in [5.41, 5.74) is 4.21. The molecule has 0 amide bonds. The molecule has 0 atom stereocenters. The molecule has 3 aliphatic rings. The van der Waals surface area contributed by atoms with E-state index in [1.54, 1.807) is 12.1 Å². The predicted molar refractivity (Wildman–Crippen MR) is 122 cm³/mol. The molecule has 0 unspecified atom stereocenters. The van der Waals surface area contributed by atoms with Crippen LogP contribution in [0.25, 0.3) is 0 Å². The molecule has 11 nitrogen and oxygen atoms in total. The minimum Gasteiger partial charge on any atom is -0.379 e. The number of benzene rings is 1. The summed E-state index contributed by atoms with van der Waals surface area (Å²) in [4.78, 5) is 12.7. The number of likely N-dealkylation sites (tertiary alicyclic amines) is 1. The van der Waals surface area contributed by atoms with Crippen molar-refractivity contribution >= 4 is 24.4 Å². The summed E-state index contributed by atoms with van der Waals surface area (Å²) < 4.78 is 30.1. The van der Waals surface area contributed by atoms with Crippen LogP contribution in [0.2, 0.25) is 0 Å². The van der Waals surface area contributed by atoms with E-state index in [9.17, 15) is 14.7 Å². The second kappa shape index (κ2) is 10.7. The Morgan fingerprint density at radius 1 is 0.906 bits per heavy atom. The maximum absolute atomic E-state index is 14.9. The quantitative estimate of drug-likeness (QED) is 0.222. The van der Waals surface area contributed by atoms with Crippen LogP contribution in [0.3, 0.4) is 0 Å². The van der Waals surface area contributed by atoms with Crippen LogP contribution in [0.15, 0.2) is 29.4 Å². The molecule has 3 fully saturated rings. The molecule has 176 valence electrons. The number of nitrogens with one attached hydrogen (secondary N) is 1. The smallest absolute Gasteiger partial charge is 0.282 e. The molecule has 0 saturated carbocycles. The van der Waals surface area contributed by atoms with Crippen LogP contribution < -0.4 is 5.43 Å². The Bertz CT molecular complexity index is 827. The number of morpholine rings is 2. The molecule has 12 heteroatoms. The third-order valence-corrected chi connectivity index (χ3v) is 9.24. The van der Waals surface area contributed by atoms with Gasteiger partial charge in [-0.3, -0.25) is 20.1 Å². The van der Waals surface area contributed by atoms with E-state index in [1.165, 1.54) is 12.1 Å². The van der Waals surface area contributed by atoms with E-state index in [0.717, 1.165) is 32.4 Å². The third-order valence-electron chi connectivity index (χ3n) is 6.00. The zero-order valence-electron chi connectivity index (χ0n) is 18.2. The lowest BCUT2D eigenvalue weighted by molar-refractivity contribution is -0.384. The van der Waals surface area contributed by atoms with Gasteiger partial charge in [0.15, 0.2) is 0 Å². The lowest BCUT2D eigenvalue weighted by atomic mass is 10.1. The maximum atomic E-state index is 14.9. The molecular formula is C20H31N6O5P. The Labute approximate surface area is 188 Å². The molecule has 0 bridgehead atoms. The van der Waals surface area contributed by atoms with Crippen LogP contribution in [0.4, 0.5) is 11.4 Å². The summed E-state index contributed by atoms with van der Waals surface area (Å²) >= 11 is 0. The van der Waals surface area contributed by atoms with Crippen LogP contribution >= 0.6 is 7.44 Å². The van der Waals surface area contributed by atoms with E-state index < -0.39 is 12.4 Å². The van der Waals surface area contributed by atoms with Crippen LogP contribution in [-0.4, -0.2) is 90.4 Å². The van der Waals surface area contributed by atoms with Gasteiger partial charge < -0.3 is 14.4 Å². The molecule has 1 N–H and O–H groups in total. The predicted octanol–water partition coefficient (Wildman–Crippen LogP) is 2.62. The van der Waals surface area contributed by atoms with E-state index in [4.69, 9.17) is 14.6 Å². The zero-order valence-corrected chi connectivity index (χ0v) is 19.1. The van der Waals surface area contributed by atoms with Crippen LogP contribution in [0.1, 0.15) is 19.3 Å². The van der Waals surface area contributed by atoms with Crippen molar-refractivity contribution in [3.8, 4) is 0 Å². The molecule has 0 radical (unpaired) electrons. The van der Waals surface area contributed by atoms with E-state index in [0.29, 0.717) is 63.9 Å². The fourth-order valence-corrected chi connectivity index (χ4v) is 7.29. The largest absolute Gasteiger partial charge is 0.379 e. The normalized spacial score (nSPS) is 22.0. The topological polar surface area (TPSA) is 113 Å². The molecule has 0 aromatic heterocycles. The molecule has 1 aromatic rings. The van der Waals surface area contributed by atoms with Crippen molar-refractivity contribution in [3.05, 3.63) is 34.4 Å². The number of non-ortho nitro benzene ring substituents is 1. The van der Waals surface area contributed by atoms with Crippen molar-refractivity contribution in [2.24, 2.45) is 5.10 Å². The van der Waals surface area contributed by atoms with E-state index in [2.05, 4.69) is 10.3 Å². The van der Waals surface area contributed by atoms with Gasteiger partial charge >= 0.3 is 0 Å². The van der Waals surface area contributed by atoms with Crippen LogP contribution in [0, 0.1) is 10.1 Å². The fraction of sp³-hybridized carbons (Fsp3) is 0.650. The van der Waals surface area contributed by atoms with Gasteiger partial charge in [-0.15, -0.1) is 0 Å². The van der Waals surface area contributed by atoms with Gasteiger partial charge in [-0.1, -0.05) is 0 Å². The highest BCUT2D eigenvalue weighted by Crippen LogP contribution is 2.56. The van der Waals surface area contributed by atoms with Gasteiger partial charge in [-0.05, 0) is 31.4 Å². The highest BCUT2D eigenvalue weighted by Gasteiger charge is 2.46. The summed E-state index contributed by atoms with van der Waals surface area (Å²) in [5.74, 6) is 0. The number of nitrogens with zero attached hydrogens (tertiary/aromatic N) is 5. The summed E-state index contributed by atoms with van der Waals surface area (Å²) in [5, 5.41) is 15.7. The number of amidine groups is 1. The first-order chi connectivity index (χ1) is 15.6. The number of nitro benzene ring substituents is 1. The fourth-order valence-electron chi connectivity index (χ4n) is 4.27. The van der Waals surface area contributed by atoms with Gasteiger partial charge in [0.25, 0.3) is 13.1 Å². The lowest BCUT2D eigenvalue weighted by Crippen LogP contribution is -2.49. The van der Waals surface area contributed by atoms with Crippen molar-refractivity contribution in [2.45, 2.75) is 19.3 Å². The van der Waals surface area contributed by atoms with Crippen molar-refractivity contribution in [1.82, 2.24) is 14.2 Å². The highest BCUT2D eigenvalue weighted by molar-refractivity contribution is 7.76. The lowest BCUT2D eigenvalue weighted by Gasteiger charge is -2.45. The molecule has 32 heavy (non-hydrogen) atoms.